The summed E-state index contributed by atoms with van der Waals surface area (Å²) >= 11 is 0. The predicted octanol–water partition coefficient (Wildman–Crippen LogP) is 3.10. The highest BCUT2D eigenvalue weighted by Crippen LogP contribution is 2.14. The molecule has 0 spiro atoms. The molecule has 3 nitrogen and oxygen atoms in total. The van der Waals surface area contributed by atoms with E-state index in [1.54, 1.807) is 18.3 Å². The van der Waals surface area contributed by atoms with Gasteiger partial charge in [-0.05, 0) is 26.3 Å². The van der Waals surface area contributed by atoms with Crippen LogP contribution in [0.4, 0.5) is 0 Å². The third kappa shape index (κ3) is 3.33. The van der Waals surface area contributed by atoms with Crippen LogP contribution >= 0.6 is 0 Å². The second kappa shape index (κ2) is 5.64. The highest BCUT2D eigenvalue weighted by molar-refractivity contribution is 5.97. The first-order valence-electron chi connectivity index (χ1n) is 5.71. The highest BCUT2D eigenvalue weighted by Gasteiger charge is 2.13. The minimum absolute atomic E-state index is 0.0543. The van der Waals surface area contributed by atoms with E-state index in [1.807, 2.05) is 27.7 Å². The lowest BCUT2D eigenvalue weighted by atomic mass is 9.98. The Morgan fingerprint density at radius 2 is 2.06 bits per heavy atom. The summed E-state index contributed by atoms with van der Waals surface area (Å²) in [6, 6.07) is 3.52. The molecule has 0 aliphatic carbocycles. The standard InChI is InChI=1S/C13H19NO2/c1-5-10(4)13(15)11-6-7-12(14-8-11)16-9(2)3/h6-10H,5H2,1-4H3/t10-/m1/s1. The molecular formula is C13H19NO2. The van der Waals surface area contributed by atoms with Gasteiger partial charge in [0.05, 0.1) is 6.10 Å². The van der Waals surface area contributed by atoms with Crippen molar-refractivity contribution in [3.05, 3.63) is 23.9 Å². The van der Waals surface area contributed by atoms with Gasteiger partial charge in [0.2, 0.25) is 5.88 Å². The zero-order valence-corrected chi connectivity index (χ0v) is 10.4. The molecule has 0 N–H and O–H groups in total. The SMILES string of the molecule is CC[C@@H](C)C(=O)c1ccc(OC(C)C)nc1. The molecule has 1 atom stereocenters. The number of pyridine rings is 1. The number of rotatable bonds is 5. The first-order chi connectivity index (χ1) is 7.54. The normalized spacial score (nSPS) is 12.6. The van der Waals surface area contributed by atoms with E-state index in [-0.39, 0.29) is 17.8 Å². The molecule has 0 aromatic carbocycles. The number of Topliss-reactive ketones (excluding diaryl/α,β-unsaturated/α-hetero) is 1. The Balaban J connectivity index is 2.74. The third-order valence-corrected chi connectivity index (χ3v) is 2.44. The minimum Gasteiger partial charge on any atom is -0.475 e. The molecule has 0 amide bonds. The van der Waals surface area contributed by atoms with Crippen LogP contribution in [0.15, 0.2) is 18.3 Å². The molecule has 0 unspecified atom stereocenters. The molecule has 1 aromatic heterocycles. The van der Waals surface area contributed by atoms with E-state index in [4.69, 9.17) is 4.74 Å². The monoisotopic (exact) mass is 221 g/mol. The molecule has 0 saturated heterocycles. The molecule has 0 aliphatic rings. The molecule has 16 heavy (non-hydrogen) atoms. The van der Waals surface area contributed by atoms with Crippen molar-refractivity contribution in [2.75, 3.05) is 0 Å². The van der Waals surface area contributed by atoms with Crippen molar-refractivity contribution in [1.82, 2.24) is 4.98 Å². The van der Waals surface area contributed by atoms with E-state index in [2.05, 4.69) is 4.98 Å². The summed E-state index contributed by atoms with van der Waals surface area (Å²) < 4.78 is 5.41. The highest BCUT2D eigenvalue weighted by atomic mass is 16.5. The maximum absolute atomic E-state index is 11.8. The van der Waals surface area contributed by atoms with Gasteiger partial charge in [-0.25, -0.2) is 4.98 Å². The molecule has 0 bridgehead atoms. The molecule has 1 rings (SSSR count). The van der Waals surface area contributed by atoms with Crippen molar-refractivity contribution in [1.29, 1.82) is 0 Å². The summed E-state index contributed by atoms with van der Waals surface area (Å²) in [6.07, 6.45) is 2.54. The topological polar surface area (TPSA) is 39.2 Å². The second-order valence-corrected chi connectivity index (χ2v) is 4.23. The quantitative estimate of drug-likeness (QED) is 0.717. The van der Waals surface area contributed by atoms with Crippen LogP contribution in [0.5, 0.6) is 5.88 Å². The van der Waals surface area contributed by atoms with Crippen LogP contribution in [0.2, 0.25) is 0 Å². The molecule has 1 aromatic rings. The Morgan fingerprint density at radius 1 is 1.38 bits per heavy atom. The predicted molar refractivity (Wildman–Crippen MR) is 63.8 cm³/mol. The van der Waals surface area contributed by atoms with Crippen LogP contribution in [-0.2, 0) is 0 Å². The van der Waals surface area contributed by atoms with Crippen LogP contribution in [0, 0.1) is 5.92 Å². The van der Waals surface area contributed by atoms with Gasteiger partial charge in [-0.3, -0.25) is 4.79 Å². The van der Waals surface area contributed by atoms with E-state index >= 15 is 0 Å². The van der Waals surface area contributed by atoms with Gasteiger partial charge in [0.1, 0.15) is 0 Å². The van der Waals surface area contributed by atoms with Crippen molar-refractivity contribution >= 4 is 5.78 Å². The average Bonchev–Trinajstić information content (AvgIpc) is 2.27. The number of nitrogens with zero attached hydrogens (tertiary/aromatic N) is 1. The number of hydrogen-bond acceptors (Lipinski definition) is 3. The smallest absolute Gasteiger partial charge is 0.213 e. The number of hydrogen-bond donors (Lipinski definition) is 0. The fourth-order valence-electron chi connectivity index (χ4n) is 1.31. The maximum atomic E-state index is 11.8. The van der Waals surface area contributed by atoms with Crippen molar-refractivity contribution in [3.63, 3.8) is 0 Å². The number of carbonyl (C=O) groups excluding carboxylic acids is 1. The van der Waals surface area contributed by atoms with E-state index in [0.717, 1.165) is 6.42 Å². The van der Waals surface area contributed by atoms with Crippen LogP contribution in [0.25, 0.3) is 0 Å². The van der Waals surface area contributed by atoms with Crippen molar-refractivity contribution < 1.29 is 9.53 Å². The Labute approximate surface area is 96.8 Å². The molecule has 0 radical (unpaired) electrons. The lowest BCUT2D eigenvalue weighted by Crippen LogP contribution is -2.11. The van der Waals surface area contributed by atoms with Gasteiger partial charge >= 0.3 is 0 Å². The van der Waals surface area contributed by atoms with Crippen molar-refractivity contribution in [2.45, 2.75) is 40.2 Å². The van der Waals surface area contributed by atoms with Crippen LogP contribution in [-0.4, -0.2) is 16.9 Å². The van der Waals surface area contributed by atoms with Gasteiger partial charge < -0.3 is 4.74 Å². The van der Waals surface area contributed by atoms with Crippen LogP contribution in [0.1, 0.15) is 44.5 Å². The van der Waals surface area contributed by atoms with Gasteiger partial charge in [0.15, 0.2) is 5.78 Å². The lowest BCUT2D eigenvalue weighted by Gasteiger charge is -2.10. The van der Waals surface area contributed by atoms with E-state index < -0.39 is 0 Å². The summed E-state index contributed by atoms with van der Waals surface area (Å²) in [5.74, 6) is 0.764. The molecule has 0 saturated carbocycles. The zero-order chi connectivity index (χ0) is 12.1. The Morgan fingerprint density at radius 3 is 2.50 bits per heavy atom. The van der Waals surface area contributed by atoms with E-state index in [9.17, 15) is 4.79 Å². The summed E-state index contributed by atoms with van der Waals surface area (Å²) in [5.41, 5.74) is 0.658. The van der Waals surface area contributed by atoms with Gasteiger partial charge in [-0.15, -0.1) is 0 Å². The van der Waals surface area contributed by atoms with Gasteiger partial charge in [-0.2, -0.15) is 0 Å². The molecular weight excluding hydrogens is 202 g/mol. The first kappa shape index (κ1) is 12.7. The van der Waals surface area contributed by atoms with Crippen LogP contribution < -0.4 is 4.74 Å². The molecule has 3 heteroatoms. The number of carbonyl (C=O) groups is 1. The number of ether oxygens (including phenoxy) is 1. The zero-order valence-electron chi connectivity index (χ0n) is 10.4. The third-order valence-electron chi connectivity index (χ3n) is 2.44. The van der Waals surface area contributed by atoms with E-state index in [1.165, 1.54) is 0 Å². The van der Waals surface area contributed by atoms with E-state index in [0.29, 0.717) is 11.4 Å². The summed E-state index contributed by atoms with van der Waals surface area (Å²) in [6.45, 7) is 7.83. The summed E-state index contributed by atoms with van der Waals surface area (Å²) in [5, 5.41) is 0. The minimum atomic E-state index is 0.0543. The molecule has 1 heterocycles. The average molecular weight is 221 g/mol. The van der Waals surface area contributed by atoms with Crippen molar-refractivity contribution in [3.8, 4) is 5.88 Å². The maximum Gasteiger partial charge on any atom is 0.213 e. The molecule has 88 valence electrons. The molecule has 0 fully saturated rings. The summed E-state index contributed by atoms with van der Waals surface area (Å²) in [7, 11) is 0. The molecule has 0 aliphatic heterocycles. The Kier molecular flexibility index (Phi) is 4.47. The fourth-order valence-corrected chi connectivity index (χ4v) is 1.31. The van der Waals surface area contributed by atoms with Gasteiger partial charge in [-0.1, -0.05) is 13.8 Å². The van der Waals surface area contributed by atoms with Crippen molar-refractivity contribution in [2.24, 2.45) is 5.92 Å². The Hall–Kier alpha value is -1.38. The fraction of sp³-hybridized carbons (Fsp3) is 0.538. The summed E-state index contributed by atoms with van der Waals surface area (Å²) in [4.78, 5) is 15.9. The van der Waals surface area contributed by atoms with Gasteiger partial charge in [0.25, 0.3) is 0 Å². The van der Waals surface area contributed by atoms with Crippen LogP contribution in [0.3, 0.4) is 0 Å². The lowest BCUT2D eigenvalue weighted by molar-refractivity contribution is 0.0927. The Bertz CT molecular complexity index is 343. The number of aromatic nitrogens is 1. The first-order valence-corrected chi connectivity index (χ1v) is 5.71. The number of ketones is 1. The largest absolute Gasteiger partial charge is 0.475 e. The second-order valence-electron chi connectivity index (χ2n) is 4.23. The van der Waals surface area contributed by atoms with Gasteiger partial charge in [0, 0.05) is 23.7 Å².